The smallest absolute Gasteiger partial charge is 0.224 e. The molecule has 0 atom stereocenters. The van der Waals surface area contributed by atoms with Gasteiger partial charge in [-0.05, 0) is 28.4 Å². The summed E-state index contributed by atoms with van der Waals surface area (Å²) >= 11 is 3.47. The molecule has 0 bridgehead atoms. The number of nitrogens with one attached hydrogen (secondary N) is 1. The van der Waals surface area contributed by atoms with E-state index >= 15 is 0 Å². The predicted octanol–water partition coefficient (Wildman–Crippen LogP) is 3.52. The van der Waals surface area contributed by atoms with Gasteiger partial charge in [-0.1, -0.05) is 30.3 Å². The van der Waals surface area contributed by atoms with Gasteiger partial charge in [-0.25, -0.2) is 9.67 Å². The Bertz CT molecular complexity index is 739. The number of hydrogen-bond acceptors (Lipinski definition) is 4. The molecule has 0 unspecified atom stereocenters. The van der Waals surface area contributed by atoms with Crippen LogP contribution in [0.5, 0.6) is 0 Å². The van der Waals surface area contributed by atoms with Crippen molar-refractivity contribution in [1.82, 2.24) is 19.7 Å². The van der Waals surface area contributed by atoms with E-state index in [0.29, 0.717) is 11.8 Å². The van der Waals surface area contributed by atoms with E-state index in [2.05, 4.69) is 48.4 Å². The first-order chi connectivity index (χ1) is 10.3. The van der Waals surface area contributed by atoms with E-state index in [0.717, 1.165) is 22.1 Å². The Hall–Kier alpha value is -2.21. The van der Waals surface area contributed by atoms with Crippen molar-refractivity contribution >= 4 is 21.9 Å². The van der Waals surface area contributed by atoms with Gasteiger partial charge >= 0.3 is 0 Å². The molecular weight excluding hydrogens is 330 g/mol. The van der Waals surface area contributed by atoms with E-state index in [1.54, 1.807) is 10.9 Å². The normalized spacial score (nSPS) is 10.6. The average Bonchev–Trinajstić information content (AvgIpc) is 3.00. The molecule has 5 nitrogen and oxygen atoms in total. The summed E-state index contributed by atoms with van der Waals surface area (Å²) in [5.41, 5.74) is 2.17. The van der Waals surface area contributed by atoms with Crippen LogP contribution in [0.2, 0.25) is 0 Å². The fourth-order valence-electron chi connectivity index (χ4n) is 1.98. The summed E-state index contributed by atoms with van der Waals surface area (Å²) in [6, 6.07) is 10.1. The number of halogens is 1. The Labute approximate surface area is 131 Å². The monoisotopic (exact) mass is 343 g/mol. The summed E-state index contributed by atoms with van der Waals surface area (Å²) < 4.78 is 2.54. The molecule has 0 amide bonds. The van der Waals surface area contributed by atoms with Crippen LogP contribution in [-0.2, 0) is 0 Å². The molecule has 0 aliphatic carbocycles. The molecule has 6 heteroatoms. The number of nitrogens with zero attached hydrogens (tertiary/aromatic N) is 4. The molecule has 3 rings (SSSR count). The van der Waals surface area contributed by atoms with E-state index in [-0.39, 0.29) is 0 Å². The van der Waals surface area contributed by atoms with Gasteiger partial charge in [0.1, 0.15) is 0 Å². The molecule has 1 aromatic carbocycles. The van der Waals surface area contributed by atoms with Crippen molar-refractivity contribution < 1.29 is 0 Å². The van der Waals surface area contributed by atoms with Crippen molar-refractivity contribution in [3.63, 3.8) is 0 Å². The molecule has 21 heavy (non-hydrogen) atoms. The van der Waals surface area contributed by atoms with Crippen LogP contribution in [0.15, 0.2) is 53.4 Å². The van der Waals surface area contributed by atoms with Crippen molar-refractivity contribution in [3.05, 3.63) is 53.4 Å². The van der Waals surface area contributed by atoms with Gasteiger partial charge in [-0.3, -0.25) is 0 Å². The average molecular weight is 344 g/mol. The minimum Gasteiger partial charge on any atom is -0.354 e. The Morgan fingerprint density at radius 2 is 1.95 bits per heavy atom. The van der Waals surface area contributed by atoms with Crippen LogP contribution in [0.1, 0.15) is 6.92 Å². The first kappa shape index (κ1) is 13.8. The number of rotatable bonds is 4. The summed E-state index contributed by atoms with van der Waals surface area (Å²) in [7, 11) is 0. The van der Waals surface area contributed by atoms with Crippen LogP contribution in [0.3, 0.4) is 0 Å². The molecular formula is C15H14BrN5. The molecule has 2 heterocycles. The third-order valence-electron chi connectivity index (χ3n) is 2.97. The van der Waals surface area contributed by atoms with Gasteiger partial charge in [0, 0.05) is 24.5 Å². The lowest BCUT2D eigenvalue weighted by molar-refractivity contribution is 0.833. The zero-order valence-electron chi connectivity index (χ0n) is 11.5. The second-order valence-electron chi connectivity index (χ2n) is 4.44. The summed E-state index contributed by atoms with van der Waals surface area (Å²) in [6.07, 6.45) is 5.51. The topological polar surface area (TPSA) is 55.6 Å². The standard InChI is InChI=1S/C15H14BrN5/c1-2-17-15-18-9-13(16)14(20-15)21-10-12(8-19-21)11-6-4-3-5-7-11/h3-10H,2H2,1H3,(H,17,18,20). The highest BCUT2D eigenvalue weighted by Gasteiger charge is 2.09. The van der Waals surface area contributed by atoms with Gasteiger partial charge in [0.05, 0.1) is 10.7 Å². The molecule has 2 aromatic heterocycles. The summed E-state index contributed by atoms with van der Waals surface area (Å²) in [5, 5.41) is 7.49. The summed E-state index contributed by atoms with van der Waals surface area (Å²) in [4.78, 5) is 8.68. The van der Waals surface area contributed by atoms with Gasteiger partial charge in [-0.2, -0.15) is 10.1 Å². The zero-order valence-corrected chi connectivity index (χ0v) is 13.1. The summed E-state index contributed by atoms with van der Waals surface area (Å²) in [6.45, 7) is 2.78. The molecule has 0 spiro atoms. The van der Waals surface area contributed by atoms with Crippen LogP contribution in [-0.4, -0.2) is 26.3 Å². The van der Waals surface area contributed by atoms with Crippen LogP contribution in [0, 0.1) is 0 Å². The lowest BCUT2D eigenvalue weighted by Crippen LogP contribution is -2.06. The summed E-state index contributed by atoms with van der Waals surface area (Å²) in [5.74, 6) is 1.30. The van der Waals surface area contributed by atoms with Crippen molar-refractivity contribution in [2.45, 2.75) is 6.92 Å². The highest BCUT2D eigenvalue weighted by Crippen LogP contribution is 2.23. The van der Waals surface area contributed by atoms with Gasteiger partial charge in [0.15, 0.2) is 5.82 Å². The molecule has 0 saturated carbocycles. The largest absolute Gasteiger partial charge is 0.354 e. The van der Waals surface area contributed by atoms with Gasteiger partial charge in [0.25, 0.3) is 0 Å². The SMILES string of the molecule is CCNc1ncc(Br)c(-n2cc(-c3ccccc3)cn2)n1. The predicted molar refractivity (Wildman–Crippen MR) is 86.5 cm³/mol. The maximum Gasteiger partial charge on any atom is 0.224 e. The first-order valence-corrected chi connectivity index (χ1v) is 7.44. The highest BCUT2D eigenvalue weighted by molar-refractivity contribution is 9.10. The number of anilines is 1. The van der Waals surface area contributed by atoms with Crippen LogP contribution < -0.4 is 5.32 Å². The maximum atomic E-state index is 4.47. The van der Waals surface area contributed by atoms with Crippen LogP contribution in [0.25, 0.3) is 16.9 Å². The Balaban J connectivity index is 1.98. The van der Waals surface area contributed by atoms with Crippen LogP contribution in [0.4, 0.5) is 5.95 Å². The molecule has 106 valence electrons. The fraction of sp³-hybridized carbons (Fsp3) is 0.133. The molecule has 0 fully saturated rings. The van der Waals surface area contributed by atoms with E-state index < -0.39 is 0 Å². The van der Waals surface area contributed by atoms with Crippen molar-refractivity contribution in [1.29, 1.82) is 0 Å². The Morgan fingerprint density at radius 3 is 2.71 bits per heavy atom. The third kappa shape index (κ3) is 2.95. The van der Waals surface area contributed by atoms with E-state index in [1.807, 2.05) is 37.5 Å². The first-order valence-electron chi connectivity index (χ1n) is 6.65. The third-order valence-corrected chi connectivity index (χ3v) is 3.53. The van der Waals surface area contributed by atoms with Crippen molar-refractivity contribution in [3.8, 4) is 16.9 Å². The Kier molecular flexibility index (Phi) is 3.96. The lowest BCUT2D eigenvalue weighted by Gasteiger charge is -2.06. The lowest BCUT2D eigenvalue weighted by atomic mass is 10.1. The van der Waals surface area contributed by atoms with Gasteiger partial charge in [0.2, 0.25) is 5.95 Å². The second-order valence-corrected chi connectivity index (χ2v) is 5.29. The number of benzene rings is 1. The highest BCUT2D eigenvalue weighted by atomic mass is 79.9. The quantitative estimate of drug-likeness (QED) is 0.787. The molecule has 0 aliphatic rings. The Morgan fingerprint density at radius 1 is 1.14 bits per heavy atom. The minimum absolute atomic E-state index is 0.590. The van der Waals surface area contributed by atoms with Gasteiger partial charge < -0.3 is 5.32 Å². The molecule has 0 aliphatic heterocycles. The molecule has 1 N–H and O–H groups in total. The van der Waals surface area contributed by atoms with Crippen LogP contribution >= 0.6 is 15.9 Å². The maximum absolute atomic E-state index is 4.47. The number of hydrogen-bond donors (Lipinski definition) is 1. The molecule has 3 aromatic rings. The zero-order chi connectivity index (χ0) is 14.7. The second kappa shape index (κ2) is 6.05. The van der Waals surface area contributed by atoms with Crippen molar-refractivity contribution in [2.24, 2.45) is 0 Å². The van der Waals surface area contributed by atoms with E-state index in [9.17, 15) is 0 Å². The molecule has 0 radical (unpaired) electrons. The fourth-order valence-corrected chi connectivity index (χ4v) is 2.35. The van der Waals surface area contributed by atoms with E-state index in [4.69, 9.17) is 0 Å². The van der Waals surface area contributed by atoms with Gasteiger partial charge in [-0.15, -0.1) is 0 Å². The number of aromatic nitrogens is 4. The van der Waals surface area contributed by atoms with Crippen molar-refractivity contribution in [2.75, 3.05) is 11.9 Å². The minimum atomic E-state index is 0.590. The van der Waals surface area contributed by atoms with E-state index in [1.165, 1.54) is 0 Å². The molecule has 0 saturated heterocycles.